The quantitative estimate of drug-likeness (QED) is 0.835. The van der Waals surface area contributed by atoms with E-state index in [4.69, 9.17) is 10.5 Å². The number of methoxy groups -OCH3 is 1. The average molecular weight is 303 g/mol. The van der Waals surface area contributed by atoms with E-state index in [1.54, 1.807) is 25.3 Å². The van der Waals surface area contributed by atoms with Crippen molar-refractivity contribution in [3.63, 3.8) is 0 Å². The first kappa shape index (κ1) is 15.2. The molecule has 1 aliphatic heterocycles. The Morgan fingerprint density at radius 3 is 2.91 bits per heavy atom. The number of nitrogens with zero attached hydrogens (tertiary/aromatic N) is 1. The second-order valence-electron chi connectivity index (χ2n) is 6.67. The number of hydrogen-bond donors (Lipinski definition) is 2. The molecule has 3 rings (SSSR count). The van der Waals surface area contributed by atoms with Gasteiger partial charge in [0.1, 0.15) is 5.75 Å². The average Bonchev–Trinajstić information content (AvgIpc) is 2.88. The summed E-state index contributed by atoms with van der Waals surface area (Å²) < 4.78 is 5.18. The fourth-order valence-electron chi connectivity index (χ4n) is 3.91. The zero-order valence-electron chi connectivity index (χ0n) is 13.3. The second kappa shape index (κ2) is 6.16. The van der Waals surface area contributed by atoms with Crippen LogP contribution in [-0.2, 0) is 0 Å². The SMILES string of the molecule is COc1cc(C(=O)N[C@@H]2C[C@H]3CCN(C)C[C@H]3C2)ccc1N. The van der Waals surface area contributed by atoms with Gasteiger partial charge in [0, 0.05) is 18.2 Å². The van der Waals surface area contributed by atoms with Crippen LogP contribution in [0.3, 0.4) is 0 Å². The Balaban J connectivity index is 1.63. The summed E-state index contributed by atoms with van der Waals surface area (Å²) in [5.41, 5.74) is 6.95. The van der Waals surface area contributed by atoms with Crippen LogP contribution < -0.4 is 15.8 Å². The van der Waals surface area contributed by atoms with E-state index in [-0.39, 0.29) is 11.9 Å². The van der Waals surface area contributed by atoms with E-state index < -0.39 is 0 Å². The second-order valence-corrected chi connectivity index (χ2v) is 6.67. The molecule has 1 aromatic rings. The number of carbonyl (C=O) groups is 1. The molecular weight excluding hydrogens is 278 g/mol. The van der Waals surface area contributed by atoms with Gasteiger partial charge in [0.25, 0.3) is 5.91 Å². The number of nitrogens with two attached hydrogens (primary N) is 1. The Labute approximate surface area is 131 Å². The molecule has 0 bridgehead atoms. The highest BCUT2D eigenvalue weighted by Gasteiger charge is 2.37. The summed E-state index contributed by atoms with van der Waals surface area (Å²) in [6.07, 6.45) is 3.45. The molecule has 22 heavy (non-hydrogen) atoms. The van der Waals surface area contributed by atoms with Crippen LogP contribution in [0.4, 0.5) is 5.69 Å². The first-order chi connectivity index (χ1) is 10.6. The van der Waals surface area contributed by atoms with Crippen molar-refractivity contribution in [1.29, 1.82) is 0 Å². The van der Waals surface area contributed by atoms with Crippen molar-refractivity contribution in [3.8, 4) is 5.75 Å². The fraction of sp³-hybridized carbons (Fsp3) is 0.588. The van der Waals surface area contributed by atoms with E-state index in [1.807, 2.05) is 0 Å². The number of piperidine rings is 1. The monoisotopic (exact) mass is 303 g/mol. The van der Waals surface area contributed by atoms with Gasteiger partial charge in [-0.25, -0.2) is 0 Å². The summed E-state index contributed by atoms with van der Waals surface area (Å²) >= 11 is 0. The zero-order chi connectivity index (χ0) is 15.7. The van der Waals surface area contributed by atoms with Gasteiger partial charge in [0.2, 0.25) is 0 Å². The van der Waals surface area contributed by atoms with Gasteiger partial charge in [-0.2, -0.15) is 0 Å². The highest BCUT2D eigenvalue weighted by Crippen LogP contribution is 2.37. The first-order valence-electron chi connectivity index (χ1n) is 7.99. The number of nitrogen functional groups attached to an aromatic ring is 1. The molecule has 2 fully saturated rings. The topological polar surface area (TPSA) is 67.6 Å². The highest BCUT2D eigenvalue weighted by molar-refractivity contribution is 5.95. The minimum Gasteiger partial charge on any atom is -0.495 e. The highest BCUT2D eigenvalue weighted by atomic mass is 16.5. The molecule has 1 amide bonds. The molecule has 1 saturated heterocycles. The number of nitrogens with one attached hydrogen (secondary N) is 1. The van der Waals surface area contributed by atoms with Gasteiger partial charge in [0.05, 0.1) is 12.8 Å². The molecule has 0 radical (unpaired) electrons. The number of likely N-dealkylation sites (tertiary alicyclic amines) is 1. The lowest BCUT2D eigenvalue weighted by molar-refractivity contribution is 0.0936. The largest absolute Gasteiger partial charge is 0.495 e. The van der Waals surface area contributed by atoms with Gasteiger partial charge in [-0.3, -0.25) is 4.79 Å². The van der Waals surface area contributed by atoms with Crippen molar-refractivity contribution in [2.75, 3.05) is 33.0 Å². The first-order valence-corrected chi connectivity index (χ1v) is 7.99. The Hall–Kier alpha value is -1.75. The van der Waals surface area contributed by atoms with E-state index in [2.05, 4.69) is 17.3 Å². The molecule has 1 aromatic carbocycles. The molecule has 5 heteroatoms. The molecule has 0 unspecified atom stereocenters. The summed E-state index contributed by atoms with van der Waals surface area (Å²) in [5, 5.41) is 3.18. The molecular formula is C17H25N3O2. The fourth-order valence-corrected chi connectivity index (χ4v) is 3.91. The molecule has 1 saturated carbocycles. The Bertz CT molecular complexity index is 561. The zero-order valence-corrected chi connectivity index (χ0v) is 13.3. The Morgan fingerprint density at radius 2 is 2.14 bits per heavy atom. The molecule has 1 heterocycles. The van der Waals surface area contributed by atoms with Crippen LogP contribution in [0.2, 0.25) is 0 Å². The third-order valence-electron chi connectivity index (χ3n) is 5.10. The Kier molecular flexibility index (Phi) is 4.25. The van der Waals surface area contributed by atoms with Crippen molar-refractivity contribution in [1.82, 2.24) is 10.2 Å². The van der Waals surface area contributed by atoms with Crippen LogP contribution in [0.25, 0.3) is 0 Å². The summed E-state index contributed by atoms with van der Waals surface area (Å²) in [7, 11) is 3.74. The van der Waals surface area contributed by atoms with Gasteiger partial charge in [-0.15, -0.1) is 0 Å². The van der Waals surface area contributed by atoms with Crippen molar-refractivity contribution in [2.24, 2.45) is 11.8 Å². The minimum absolute atomic E-state index is 0.0321. The number of rotatable bonds is 3. The number of hydrogen-bond acceptors (Lipinski definition) is 4. The lowest BCUT2D eigenvalue weighted by atomic mass is 9.89. The van der Waals surface area contributed by atoms with Crippen LogP contribution in [0.1, 0.15) is 29.6 Å². The predicted molar refractivity (Wildman–Crippen MR) is 87.0 cm³/mol. The predicted octanol–water partition coefficient (Wildman–Crippen LogP) is 1.74. The summed E-state index contributed by atoms with van der Waals surface area (Å²) in [5.74, 6) is 2.01. The maximum atomic E-state index is 12.4. The molecule has 120 valence electrons. The van der Waals surface area contributed by atoms with Crippen molar-refractivity contribution in [2.45, 2.75) is 25.3 Å². The lowest BCUT2D eigenvalue weighted by Gasteiger charge is -2.31. The van der Waals surface area contributed by atoms with E-state index in [0.29, 0.717) is 17.0 Å². The molecule has 3 N–H and O–H groups in total. The molecule has 0 aromatic heterocycles. The van der Waals surface area contributed by atoms with Gasteiger partial charge < -0.3 is 20.7 Å². The van der Waals surface area contributed by atoms with Gasteiger partial charge >= 0.3 is 0 Å². The number of anilines is 1. The number of ether oxygens (including phenoxy) is 1. The van der Waals surface area contributed by atoms with Gasteiger partial charge in [0.15, 0.2) is 0 Å². The summed E-state index contributed by atoms with van der Waals surface area (Å²) in [4.78, 5) is 14.8. The van der Waals surface area contributed by atoms with Crippen LogP contribution in [0.15, 0.2) is 18.2 Å². The molecule has 0 spiro atoms. The van der Waals surface area contributed by atoms with Crippen molar-refractivity contribution in [3.05, 3.63) is 23.8 Å². The van der Waals surface area contributed by atoms with Gasteiger partial charge in [-0.1, -0.05) is 0 Å². The number of fused-ring (bicyclic) bond motifs is 1. The van der Waals surface area contributed by atoms with E-state index >= 15 is 0 Å². The standard InChI is InChI=1S/C17H25N3O2/c1-20-6-5-11-7-14(8-13(11)10-20)19-17(21)12-3-4-15(18)16(9-12)22-2/h3-4,9,11,13-14H,5-8,10,18H2,1-2H3,(H,19,21)/t11-,13-,14-/m1/s1. The molecule has 2 aliphatic rings. The third-order valence-corrected chi connectivity index (χ3v) is 5.10. The molecule has 3 atom stereocenters. The van der Waals surface area contributed by atoms with E-state index in [9.17, 15) is 4.79 Å². The van der Waals surface area contributed by atoms with Crippen LogP contribution in [0.5, 0.6) is 5.75 Å². The van der Waals surface area contributed by atoms with E-state index in [1.165, 1.54) is 13.0 Å². The molecule has 5 nitrogen and oxygen atoms in total. The summed E-state index contributed by atoms with van der Waals surface area (Å²) in [6, 6.07) is 5.47. The maximum Gasteiger partial charge on any atom is 0.251 e. The third kappa shape index (κ3) is 3.04. The number of benzene rings is 1. The van der Waals surface area contributed by atoms with E-state index in [0.717, 1.165) is 31.2 Å². The lowest BCUT2D eigenvalue weighted by Crippen LogP contribution is -2.35. The number of carbonyl (C=O) groups excluding carboxylic acids is 1. The molecule has 1 aliphatic carbocycles. The Morgan fingerprint density at radius 1 is 1.36 bits per heavy atom. The normalized spacial score (nSPS) is 28.2. The van der Waals surface area contributed by atoms with Crippen molar-refractivity contribution >= 4 is 11.6 Å². The van der Waals surface area contributed by atoms with Crippen molar-refractivity contribution < 1.29 is 9.53 Å². The van der Waals surface area contributed by atoms with Crippen LogP contribution >= 0.6 is 0 Å². The summed E-state index contributed by atoms with van der Waals surface area (Å²) in [6.45, 7) is 2.34. The minimum atomic E-state index is -0.0321. The van der Waals surface area contributed by atoms with Crippen LogP contribution in [0, 0.1) is 11.8 Å². The number of amides is 1. The smallest absolute Gasteiger partial charge is 0.251 e. The van der Waals surface area contributed by atoms with Gasteiger partial charge in [-0.05, 0) is 62.9 Å². The maximum absolute atomic E-state index is 12.4. The van der Waals surface area contributed by atoms with Crippen LogP contribution in [-0.4, -0.2) is 44.1 Å².